The first-order chi connectivity index (χ1) is 12.8. The van der Waals surface area contributed by atoms with Gasteiger partial charge in [-0.25, -0.2) is 4.98 Å². The molecule has 2 aromatic carbocycles. The number of thiazole rings is 1. The predicted molar refractivity (Wildman–Crippen MR) is 104 cm³/mol. The standard InChI is InChI=1S/C20H17N3O2S/c24-19(15-5-6-17-14(13-15)7-12-25-17)22-8-10-23(11-9-22)20-21-16-3-1-2-4-18(16)26-20/h1-7,12-13H,8-11H2. The number of aromatic nitrogens is 1. The van der Waals surface area contributed by atoms with Gasteiger partial charge in [-0.3, -0.25) is 4.79 Å². The van der Waals surface area contributed by atoms with Crippen LogP contribution in [0.25, 0.3) is 21.2 Å². The Labute approximate surface area is 154 Å². The minimum Gasteiger partial charge on any atom is -0.464 e. The summed E-state index contributed by atoms with van der Waals surface area (Å²) in [6.45, 7) is 3.02. The number of hydrogen-bond donors (Lipinski definition) is 0. The highest BCUT2D eigenvalue weighted by atomic mass is 32.1. The Morgan fingerprint density at radius 3 is 2.73 bits per heavy atom. The van der Waals surface area contributed by atoms with Crippen molar-refractivity contribution in [3.05, 3.63) is 60.4 Å². The highest BCUT2D eigenvalue weighted by molar-refractivity contribution is 7.22. The molecular formula is C20H17N3O2S. The summed E-state index contributed by atoms with van der Waals surface area (Å²) in [5.74, 6) is 0.0806. The maximum Gasteiger partial charge on any atom is 0.254 e. The van der Waals surface area contributed by atoms with E-state index in [1.54, 1.807) is 17.6 Å². The summed E-state index contributed by atoms with van der Waals surface area (Å²) in [7, 11) is 0. The van der Waals surface area contributed by atoms with Crippen LogP contribution in [0.2, 0.25) is 0 Å². The van der Waals surface area contributed by atoms with Gasteiger partial charge in [0.1, 0.15) is 5.58 Å². The Morgan fingerprint density at radius 2 is 1.88 bits per heavy atom. The van der Waals surface area contributed by atoms with Gasteiger partial charge in [0.25, 0.3) is 5.91 Å². The van der Waals surface area contributed by atoms with Crippen molar-refractivity contribution in [2.24, 2.45) is 0 Å². The second-order valence-corrected chi connectivity index (χ2v) is 7.43. The summed E-state index contributed by atoms with van der Waals surface area (Å²) in [6, 6.07) is 15.7. The van der Waals surface area contributed by atoms with E-state index in [1.807, 2.05) is 47.4 Å². The third-order valence-corrected chi connectivity index (χ3v) is 5.92. The molecule has 0 spiro atoms. The van der Waals surface area contributed by atoms with Gasteiger partial charge in [-0.15, -0.1) is 0 Å². The first-order valence-electron chi connectivity index (χ1n) is 8.65. The zero-order valence-corrected chi connectivity index (χ0v) is 14.9. The Balaban J connectivity index is 1.30. The molecule has 0 bridgehead atoms. The van der Waals surface area contributed by atoms with Gasteiger partial charge in [-0.2, -0.15) is 0 Å². The van der Waals surface area contributed by atoms with Crippen LogP contribution in [0.15, 0.2) is 59.2 Å². The molecule has 1 aliphatic heterocycles. The first-order valence-corrected chi connectivity index (χ1v) is 9.47. The van der Waals surface area contributed by atoms with Gasteiger partial charge in [0, 0.05) is 37.1 Å². The lowest BCUT2D eigenvalue weighted by Crippen LogP contribution is -2.48. The molecule has 0 N–H and O–H groups in total. The fraction of sp³-hybridized carbons (Fsp3) is 0.200. The molecule has 0 saturated carbocycles. The second kappa shape index (κ2) is 6.14. The highest BCUT2D eigenvalue weighted by Gasteiger charge is 2.24. The minimum atomic E-state index is 0.0806. The van der Waals surface area contributed by atoms with Crippen LogP contribution in [0.5, 0.6) is 0 Å². The molecule has 1 fully saturated rings. The Morgan fingerprint density at radius 1 is 1.04 bits per heavy atom. The van der Waals surface area contributed by atoms with E-state index in [-0.39, 0.29) is 5.91 Å². The summed E-state index contributed by atoms with van der Waals surface area (Å²) in [6.07, 6.45) is 1.65. The van der Waals surface area contributed by atoms with E-state index in [1.165, 1.54) is 4.70 Å². The van der Waals surface area contributed by atoms with Crippen LogP contribution in [0.4, 0.5) is 5.13 Å². The van der Waals surface area contributed by atoms with Crippen LogP contribution in [0, 0.1) is 0 Å². The van der Waals surface area contributed by atoms with E-state index in [9.17, 15) is 4.79 Å². The van der Waals surface area contributed by atoms with Gasteiger partial charge in [0.05, 0.1) is 16.5 Å². The molecule has 26 heavy (non-hydrogen) atoms. The molecule has 5 nitrogen and oxygen atoms in total. The van der Waals surface area contributed by atoms with Crippen LogP contribution < -0.4 is 4.90 Å². The van der Waals surface area contributed by atoms with Crippen LogP contribution in [0.3, 0.4) is 0 Å². The van der Waals surface area contributed by atoms with Gasteiger partial charge in [0.15, 0.2) is 5.13 Å². The molecule has 130 valence electrons. The lowest BCUT2D eigenvalue weighted by molar-refractivity contribution is 0.0747. The predicted octanol–water partition coefficient (Wildman–Crippen LogP) is 4.00. The molecule has 1 saturated heterocycles. The van der Waals surface area contributed by atoms with E-state index >= 15 is 0 Å². The molecule has 4 aromatic rings. The van der Waals surface area contributed by atoms with Gasteiger partial charge in [-0.1, -0.05) is 23.5 Å². The molecule has 0 radical (unpaired) electrons. The van der Waals surface area contributed by atoms with E-state index in [2.05, 4.69) is 11.0 Å². The van der Waals surface area contributed by atoms with Crippen molar-refractivity contribution in [3.63, 3.8) is 0 Å². The number of piperazine rings is 1. The number of carbonyl (C=O) groups excluding carboxylic acids is 1. The third-order valence-electron chi connectivity index (χ3n) is 4.82. The monoisotopic (exact) mass is 363 g/mol. The van der Waals surface area contributed by atoms with Crippen molar-refractivity contribution in [3.8, 4) is 0 Å². The summed E-state index contributed by atoms with van der Waals surface area (Å²) >= 11 is 1.71. The smallest absolute Gasteiger partial charge is 0.254 e. The van der Waals surface area contributed by atoms with Crippen LogP contribution in [-0.4, -0.2) is 42.0 Å². The number of rotatable bonds is 2. The van der Waals surface area contributed by atoms with Crippen molar-refractivity contribution in [1.82, 2.24) is 9.88 Å². The van der Waals surface area contributed by atoms with Crippen molar-refractivity contribution in [2.45, 2.75) is 0 Å². The number of fused-ring (bicyclic) bond motifs is 2. The Hall–Kier alpha value is -2.86. The normalized spacial score (nSPS) is 15.1. The fourth-order valence-electron chi connectivity index (χ4n) is 3.38. The molecule has 0 unspecified atom stereocenters. The lowest BCUT2D eigenvalue weighted by atomic mass is 10.1. The van der Waals surface area contributed by atoms with Gasteiger partial charge in [0.2, 0.25) is 0 Å². The van der Waals surface area contributed by atoms with Crippen LogP contribution in [-0.2, 0) is 0 Å². The van der Waals surface area contributed by atoms with E-state index in [0.717, 1.165) is 34.7 Å². The molecule has 1 aliphatic rings. The van der Waals surface area contributed by atoms with Crippen molar-refractivity contribution < 1.29 is 9.21 Å². The third kappa shape index (κ3) is 2.63. The second-order valence-electron chi connectivity index (χ2n) is 6.42. The minimum absolute atomic E-state index is 0.0806. The maximum absolute atomic E-state index is 12.8. The SMILES string of the molecule is O=C(c1ccc2occc2c1)N1CCN(c2nc3ccccc3s2)CC1. The average Bonchev–Trinajstić information content (AvgIpc) is 3.33. The van der Waals surface area contributed by atoms with Gasteiger partial charge >= 0.3 is 0 Å². The Bertz CT molecular complexity index is 1060. The zero-order chi connectivity index (χ0) is 17.5. The molecule has 6 heteroatoms. The number of para-hydroxylation sites is 1. The quantitative estimate of drug-likeness (QED) is 0.540. The number of anilines is 1. The summed E-state index contributed by atoms with van der Waals surface area (Å²) < 4.78 is 6.55. The number of nitrogens with zero attached hydrogens (tertiary/aromatic N) is 3. The van der Waals surface area contributed by atoms with Crippen molar-refractivity contribution in [1.29, 1.82) is 0 Å². The van der Waals surface area contributed by atoms with Crippen LogP contribution >= 0.6 is 11.3 Å². The first kappa shape index (κ1) is 15.4. The highest BCUT2D eigenvalue weighted by Crippen LogP contribution is 2.29. The molecule has 5 rings (SSSR count). The van der Waals surface area contributed by atoms with E-state index < -0.39 is 0 Å². The van der Waals surface area contributed by atoms with E-state index in [0.29, 0.717) is 18.7 Å². The van der Waals surface area contributed by atoms with Gasteiger partial charge < -0.3 is 14.2 Å². The molecule has 3 heterocycles. The molecule has 0 aliphatic carbocycles. The topological polar surface area (TPSA) is 49.6 Å². The van der Waals surface area contributed by atoms with Crippen LogP contribution in [0.1, 0.15) is 10.4 Å². The number of amides is 1. The van der Waals surface area contributed by atoms with Crippen molar-refractivity contribution >= 4 is 43.6 Å². The Kier molecular flexibility index (Phi) is 3.64. The molecule has 2 aromatic heterocycles. The van der Waals surface area contributed by atoms with Crippen molar-refractivity contribution in [2.75, 3.05) is 31.1 Å². The zero-order valence-electron chi connectivity index (χ0n) is 14.1. The summed E-state index contributed by atoms with van der Waals surface area (Å²) in [5.41, 5.74) is 2.56. The molecule has 1 amide bonds. The summed E-state index contributed by atoms with van der Waals surface area (Å²) in [5, 5.41) is 2.00. The molecule has 0 atom stereocenters. The lowest BCUT2D eigenvalue weighted by Gasteiger charge is -2.34. The largest absolute Gasteiger partial charge is 0.464 e. The number of hydrogen-bond acceptors (Lipinski definition) is 5. The average molecular weight is 363 g/mol. The number of carbonyl (C=O) groups is 1. The summed E-state index contributed by atoms with van der Waals surface area (Å²) in [4.78, 5) is 21.7. The number of furan rings is 1. The fourth-order valence-corrected chi connectivity index (χ4v) is 4.40. The number of benzene rings is 2. The van der Waals surface area contributed by atoms with E-state index in [4.69, 9.17) is 9.40 Å². The molecular weight excluding hydrogens is 346 g/mol. The maximum atomic E-state index is 12.8. The van der Waals surface area contributed by atoms with Gasteiger partial charge in [-0.05, 0) is 36.4 Å².